The molecule has 2 heterocycles. The summed E-state index contributed by atoms with van der Waals surface area (Å²) >= 11 is 0. The third-order valence-corrected chi connectivity index (χ3v) is 4.91. The molecule has 3 N–H and O–H groups in total. The van der Waals surface area contributed by atoms with E-state index in [4.69, 9.17) is 0 Å². The van der Waals surface area contributed by atoms with Gasteiger partial charge in [-0.3, -0.25) is 9.78 Å². The van der Waals surface area contributed by atoms with Gasteiger partial charge in [0, 0.05) is 29.6 Å². The van der Waals surface area contributed by atoms with Gasteiger partial charge in [-0.1, -0.05) is 30.3 Å². The van der Waals surface area contributed by atoms with Gasteiger partial charge in [0.25, 0.3) is 5.91 Å². The standard InChI is InChI=1S/C24H22FN5O2/c1-16-9-10-20(14-26-16)29-24(32)17-6-4-7-21(11-17)30-15-19(13-28-30)23(31)27-12-18-5-2-3-8-22(18)25/h2-11,13-15,24,29,32H,12H2,1H3,(H,27,31). The van der Waals surface area contributed by atoms with Crippen molar-refractivity contribution >= 4 is 11.6 Å². The van der Waals surface area contributed by atoms with Gasteiger partial charge in [0.2, 0.25) is 0 Å². The number of carbonyl (C=O) groups excluding carboxylic acids is 1. The van der Waals surface area contributed by atoms with Crippen LogP contribution < -0.4 is 10.6 Å². The molecule has 0 aliphatic heterocycles. The average Bonchev–Trinajstić information content (AvgIpc) is 3.30. The quantitative estimate of drug-likeness (QED) is 0.388. The Bertz CT molecular complexity index is 1220. The Balaban J connectivity index is 1.44. The number of carbonyl (C=O) groups is 1. The summed E-state index contributed by atoms with van der Waals surface area (Å²) in [7, 11) is 0. The molecule has 7 nitrogen and oxygen atoms in total. The predicted molar refractivity (Wildman–Crippen MR) is 119 cm³/mol. The molecule has 4 aromatic rings. The van der Waals surface area contributed by atoms with Gasteiger partial charge in [-0.05, 0) is 37.3 Å². The van der Waals surface area contributed by atoms with Gasteiger partial charge in [-0.15, -0.1) is 0 Å². The number of aryl methyl sites for hydroxylation is 1. The number of anilines is 1. The summed E-state index contributed by atoms with van der Waals surface area (Å²) in [6, 6.07) is 17.2. The highest BCUT2D eigenvalue weighted by Crippen LogP contribution is 2.20. The molecule has 32 heavy (non-hydrogen) atoms. The van der Waals surface area contributed by atoms with Gasteiger partial charge in [0.05, 0.1) is 29.3 Å². The molecule has 0 fully saturated rings. The smallest absolute Gasteiger partial charge is 0.254 e. The van der Waals surface area contributed by atoms with E-state index in [2.05, 4.69) is 20.7 Å². The monoisotopic (exact) mass is 431 g/mol. The van der Waals surface area contributed by atoms with E-state index in [9.17, 15) is 14.3 Å². The number of halogens is 1. The van der Waals surface area contributed by atoms with E-state index in [-0.39, 0.29) is 18.3 Å². The lowest BCUT2D eigenvalue weighted by molar-refractivity contribution is 0.0950. The molecule has 0 saturated carbocycles. The van der Waals surface area contributed by atoms with E-state index in [0.717, 1.165) is 5.69 Å². The lowest BCUT2D eigenvalue weighted by Crippen LogP contribution is -2.22. The summed E-state index contributed by atoms with van der Waals surface area (Å²) in [5.41, 5.74) is 3.64. The van der Waals surface area contributed by atoms with Crippen LogP contribution in [0.1, 0.15) is 33.4 Å². The number of nitrogens with one attached hydrogen (secondary N) is 2. The zero-order valence-electron chi connectivity index (χ0n) is 17.4. The van der Waals surface area contributed by atoms with E-state index < -0.39 is 6.23 Å². The van der Waals surface area contributed by atoms with Crippen molar-refractivity contribution in [2.45, 2.75) is 19.7 Å². The maximum absolute atomic E-state index is 13.7. The van der Waals surface area contributed by atoms with Crippen molar-refractivity contribution in [3.05, 3.63) is 107 Å². The lowest BCUT2D eigenvalue weighted by atomic mass is 10.1. The molecule has 2 aromatic carbocycles. The summed E-state index contributed by atoms with van der Waals surface area (Å²) in [4.78, 5) is 16.6. The van der Waals surface area contributed by atoms with E-state index in [1.165, 1.54) is 12.3 Å². The van der Waals surface area contributed by atoms with Crippen molar-refractivity contribution in [2.24, 2.45) is 0 Å². The first-order valence-electron chi connectivity index (χ1n) is 10.0. The van der Waals surface area contributed by atoms with Crippen molar-refractivity contribution in [2.75, 3.05) is 5.32 Å². The molecule has 1 atom stereocenters. The Labute approximate surface area is 184 Å². The van der Waals surface area contributed by atoms with Crippen LogP contribution in [0.5, 0.6) is 0 Å². The zero-order chi connectivity index (χ0) is 22.5. The molecule has 0 bridgehead atoms. The van der Waals surface area contributed by atoms with E-state index in [1.807, 2.05) is 25.1 Å². The molecule has 162 valence electrons. The number of aliphatic hydroxyl groups is 1. The van der Waals surface area contributed by atoms with E-state index in [1.54, 1.807) is 53.5 Å². The minimum absolute atomic E-state index is 0.0813. The average molecular weight is 431 g/mol. The lowest BCUT2D eigenvalue weighted by Gasteiger charge is -2.15. The van der Waals surface area contributed by atoms with Crippen molar-refractivity contribution in [3.63, 3.8) is 0 Å². The Morgan fingerprint density at radius 1 is 1.12 bits per heavy atom. The molecule has 0 spiro atoms. The van der Waals surface area contributed by atoms with Crippen LogP contribution in [0.3, 0.4) is 0 Å². The molecule has 4 rings (SSSR count). The van der Waals surface area contributed by atoms with Crippen molar-refractivity contribution in [3.8, 4) is 5.69 Å². The van der Waals surface area contributed by atoms with Crippen LogP contribution in [-0.4, -0.2) is 25.8 Å². The zero-order valence-corrected chi connectivity index (χ0v) is 17.4. The molecule has 8 heteroatoms. The highest BCUT2D eigenvalue weighted by atomic mass is 19.1. The minimum Gasteiger partial charge on any atom is -0.369 e. The Hall–Kier alpha value is -4.04. The number of nitrogens with zero attached hydrogens (tertiary/aromatic N) is 3. The fraction of sp³-hybridized carbons (Fsp3) is 0.125. The van der Waals surface area contributed by atoms with Gasteiger partial charge in [-0.25, -0.2) is 9.07 Å². The number of hydrogen-bond acceptors (Lipinski definition) is 5. The fourth-order valence-electron chi connectivity index (χ4n) is 3.13. The van der Waals surface area contributed by atoms with Crippen LogP contribution in [0, 0.1) is 12.7 Å². The van der Waals surface area contributed by atoms with E-state index >= 15 is 0 Å². The van der Waals surface area contributed by atoms with Crippen LogP contribution in [0.25, 0.3) is 5.69 Å². The number of benzene rings is 2. The van der Waals surface area contributed by atoms with Crippen molar-refractivity contribution in [1.29, 1.82) is 0 Å². The number of hydrogen-bond donors (Lipinski definition) is 3. The molecule has 2 aromatic heterocycles. The maximum atomic E-state index is 13.7. The summed E-state index contributed by atoms with van der Waals surface area (Å²) < 4.78 is 15.3. The first-order valence-corrected chi connectivity index (χ1v) is 10.0. The Morgan fingerprint density at radius 3 is 2.75 bits per heavy atom. The number of amides is 1. The maximum Gasteiger partial charge on any atom is 0.254 e. The Morgan fingerprint density at radius 2 is 1.97 bits per heavy atom. The van der Waals surface area contributed by atoms with Gasteiger partial charge in [-0.2, -0.15) is 5.10 Å². The predicted octanol–water partition coefficient (Wildman–Crippen LogP) is 3.75. The first-order chi connectivity index (χ1) is 15.5. The first kappa shape index (κ1) is 21.2. The number of pyridine rings is 1. The topological polar surface area (TPSA) is 92.1 Å². The normalized spacial score (nSPS) is 11.7. The molecular weight excluding hydrogens is 409 g/mol. The molecular formula is C24H22FN5O2. The molecule has 0 radical (unpaired) electrons. The summed E-state index contributed by atoms with van der Waals surface area (Å²) in [6.45, 7) is 1.97. The molecule has 0 aliphatic carbocycles. The second kappa shape index (κ2) is 9.40. The number of aliphatic hydroxyl groups excluding tert-OH is 1. The van der Waals surface area contributed by atoms with Crippen molar-refractivity contribution in [1.82, 2.24) is 20.1 Å². The van der Waals surface area contributed by atoms with Gasteiger partial charge >= 0.3 is 0 Å². The third kappa shape index (κ3) is 4.98. The van der Waals surface area contributed by atoms with Crippen LogP contribution in [0.2, 0.25) is 0 Å². The third-order valence-electron chi connectivity index (χ3n) is 4.91. The van der Waals surface area contributed by atoms with Crippen LogP contribution >= 0.6 is 0 Å². The van der Waals surface area contributed by atoms with Crippen LogP contribution in [0.4, 0.5) is 10.1 Å². The van der Waals surface area contributed by atoms with E-state index in [0.29, 0.717) is 28.1 Å². The fourth-order valence-corrected chi connectivity index (χ4v) is 3.13. The number of rotatable bonds is 7. The Kier molecular flexibility index (Phi) is 6.23. The van der Waals surface area contributed by atoms with Crippen LogP contribution in [0.15, 0.2) is 79.3 Å². The summed E-state index contributed by atoms with van der Waals surface area (Å²) in [5.74, 6) is -0.724. The van der Waals surface area contributed by atoms with Gasteiger partial charge in [0.1, 0.15) is 5.82 Å². The molecule has 1 unspecified atom stereocenters. The molecule has 0 aliphatic rings. The van der Waals surface area contributed by atoms with Crippen LogP contribution in [-0.2, 0) is 6.54 Å². The highest BCUT2D eigenvalue weighted by molar-refractivity contribution is 5.93. The number of aromatic nitrogens is 3. The molecule has 0 saturated heterocycles. The van der Waals surface area contributed by atoms with Gasteiger partial charge < -0.3 is 15.7 Å². The molecule has 1 amide bonds. The highest BCUT2D eigenvalue weighted by Gasteiger charge is 2.12. The SMILES string of the molecule is Cc1ccc(NC(O)c2cccc(-n3cc(C(=O)NCc4ccccc4F)cn3)c2)cn1. The minimum atomic E-state index is -0.946. The summed E-state index contributed by atoms with van der Waals surface area (Å²) in [6.07, 6.45) is 3.73. The van der Waals surface area contributed by atoms with Gasteiger partial charge in [0.15, 0.2) is 6.23 Å². The largest absolute Gasteiger partial charge is 0.369 e. The van der Waals surface area contributed by atoms with Crippen molar-refractivity contribution < 1.29 is 14.3 Å². The summed E-state index contributed by atoms with van der Waals surface area (Å²) in [5, 5.41) is 20.5. The second-order valence-corrected chi connectivity index (χ2v) is 7.28. The second-order valence-electron chi connectivity index (χ2n) is 7.28.